The molecular weight excluding hydrogens is 461 g/mol. The van der Waals surface area contributed by atoms with Crippen molar-refractivity contribution >= 4 is 28.7 Å². The van der Waals surface area contributed by atoms with Crippen molar-refractivity contribution in [3.8, 4) is 11.8 Å². The number of rotatable bonds is 7. The first-order valence-corrected chi connectivity index (χ1v) is 12.1. The fraction of sp³-hybridized carbons (Fsp3) is 0.375. The zero-order valence-electron chi connectivity index (χ0n) is 19.8. The Bertz CT molecular complexity index is 1430. The van der Waals surface area contributed by atoms with Crippen molar-refractivity contribution in [1.82, 2.24) is 34.7 Å². The van der Waals surface area contributed by atoms with Gasteiger partial charge in [-0.2, -0.15) is 14.9 Å². The monoisotopic (exact) mass is 487 g/mol. The van der Waals surface area contributed by atoms with Gasteiger partial charge in [0, 0.05) is 37.3 Å². The van der Waals surface area contributed by atoms with Gasteiger partial charge in [-0.25, -0.2) is 9.37 Å². The molecule has 1 saturated carbocycles. The maximum atomic E-state index is 15.6. The lowest BCUT2D eigenvalue weighted by Crippen LogP contribution is -2.44. The Morgan fingerprint density at radius 2 is 1.92 bits per heavy atom. The van der Waals surface area contributed by atoms with Gasteiger partial charge in [0.25, 0.3) is 0 Å². The molecule has 0 radical (unpaired) electrons. The van der Waals surface area contributed by atoms with E-state index in [0.29, 0.717) is 34.9 Å². The predicted molar refractivity (Wildman–Crippen MR) is 133 cm³/mol. The van der Waals surface area contributed by atoms with Crippen LogP contribution in [-0.2, 0) is 0 Å². The summed E-state index contributed by atoms with van der Waals surface area (Å²) in [5, 5.41) is 31.6. The van der Waals surface area contributed by atoms with E-state index in [9.17, 15) is 5.26 Å². The van der Waals surface area contributed by atoms with Gasteiger partial charge in [0.2, 0.25) is 0 Å². The van der Waals surface area contributed by atoms with E-state index in [1.54, 1.807) is 39.9 Å². The molecule has 2 fully saturated rings. The van der Waals surface area contributed by atoms with Gasteiger partial charge in [-0.15, -0.1) is 10.2 Å². The molecule has 1 atom stereocenters. The maximum absolute atomic E-state index is 15.6. The van der Waals surface area contributed by atoms with E-state index in [2.05, 4.69) is 47.2 Å². The standard InChI is InChI=1S/C24H26FN11/c1-27-17-3-2-6-34(12-17)20-7-18(25)19(8-21(20)35-13-28-29-14-35)32-22-9-23(31-16-4-5-16)36-24(33-22)15(10-26)11-30-36/h7-9,11,13-14,16-17,27,31H,2-6,12H2,1H3,(H,32,33)/t17-/m1/s1. The lowest BCUT2D eigenvalue weighted by atomic mass is 10.0. The molecule has 3 N–H and O–H groups in total. The van der Waals surface area contributed by atoms with E-state index in [1.165, 1.54) is 6.20 Å². The molecule has 184 valence electrons. The Kier molecular flexibility index (Phi) is 5.61. The van der Waals surface area contributed by atoms with Gasteiger partial charge in [-0.3, -0.25) is 4.57 Å². The van der Waals surface area contributed by atoms with Gasteiger partial charge in [0.05, 0.1) is 23.3 Å². The second-order valence-electron chi connectivity index (χ2n) is 9.24. The van der Waals surface area contributed by atoms with E-state index in [4.69, 9.17) is 0 Å². The third-order valence-electron chi connectivity index (χ3n) is 6.72. The number of likely N-dealkylation sites (N-methyl/N-ethyl adjacent to an activating group) is 1. The average molecular weight is 488 g/mol. The number of benzene rings is 1. The second-order valence-corrected chi connectivity index (χ2v) is 9.24. The highest BCUT2D eigenvalue weighted by atomic mass is 19.1. The molecule has 0 spiro atoms. The molecule has 3 aromatic heterocycles. The van der Waals surface area contributed by atoms with Crippen LogP contribution in [0, 0.1) is 17.1 Å². The van der Waals surface area contributed by atoms with Gasteiger partial charge in [0.15, 0.2) is 5.65 Å². The van der Waals surface area contributed by atoms with Crippen LogP contribution in [0.25, 0.3) is 11.3 Å². The minimum absolute atomic E-state index is 0.261. The van der Waals surface area contributed by atoms with Gasteiger partial charge in [-0.1, -0.05) is 0 Å². The highest BCUT2D eigenvalue weighted by molar-refractivity contribution is 5.73. The number of nitrogens with one attached hydrogen (secondary N) is 3. The number of hydrogen-bond acceptors (Lipinski definition) is 9. The first kappa shape index (κ1) is 22.2. The fourth-order valence-corrected chi connectivity index (χ4v) is 4.65. The van der Waals surface area contributed by atoms with Crippen LogP contribution in [0.4, 0.5) is 27.4 Å². The number of hydrogen-bond donors (Lipinski definition) is 3. The Morgan fingerprint density at radius 3 is 2.67 bits per heavy atom. The van der Waals surface area contributed by atoms with Crippen molar-refractivity contribution < 1.29 is 4.39 Å². The van der Waals surface area contributed by atoms with Crippen LogP contribution in [0.2, 0.25) is 0 Å². The normalized spacial score (nSPS) is 17.8. The van der Waals surface area contributed by atoms with Gasteiger partial charge in [-0.05, 0) is 38.8 Å². The number of halogens is 1. The van der Waals surface area contributed by atoms with Gasteiger partial charge >= 0.3 is 0 Å². The quantitative estimate of drug-likeness (QED) is 0.361. The summed E-state index contributed by atoms with van der Waals surface area (Å²) >= 11 is 0. The average Bonchev–Trinajstić information content (AvgIpc) is 3.37. The summed E-state index contributed by atoms with van der Waals surface area (Å²) in [5.74, 6) is 0.715. The SMILES string of the molecule is CN[C@@H]1CCCN(c2cc(F)c(Nc3cc(NC4CC4)n4ncc(C#N)c4n3)cc2-n2cnnc2)C1. The minimum atomic E-state index is -0.402. The molecule has 4 heterocycles. The number of anilines is 4. The molecule has 6 rings (SSSR count). The van der Waals surface area contributed by atoms with Crippen molar-refractivity contribution in [3.63, 3.8) is 0 Å². The zero-order valence-corrected chi connectivity index (χ0v) is 19.8. The predicted octanol–water partition coefficient (Wildman–Crippen LogP) is 2.83. The third kappa shape index (κ3) is 4.18. The molecule has 12 heteroatoms. The largest absolute Gasteiger partial charge is 0.368 e. The summed E-state index contributed by atoms with van der Waals surface area (Å²) < 4.78 is 18.9. The number of aromatic nitrogens is 6. The summed E-state index contributed by atoms with van der Waals surface area (Å²) in [5.41, 5.74) is 2.56. The van der Waals surface area contributed by atoms with E-state index in [0.717, 1.165) is 50.1 Å². The van der Waals surface area contributed by atoms with E-state index >= 15 is 4.39 Å². The molecular formula is C24H26FN11. The first-order valence-electron chi connectivity index (χ1n) is 12.1. The van der Waals surface area contributed by atoms with Crippen LogP contribution in [0.1, 0.15) is 31.2 Å². The van der Waals surface area contributed by atoms with Crippen molar-refractivity contribution in [2.24, 2.45) is 0 Å². The summed E-state index contributed by atoms with van der Waals surface area (Å²) in [4.78, 5) is 6.76. The Labute approximate surface area is 207 Å². The maximum Gasteiger partial charge on any atom is 0.177 e. The van der Waals surface area contributed by atoms with Crippen LogP contribution in [0.5, 0.6) is 0 Å². The molecule has 0 unspecified atom stereocenters. The van der Waals surface area contributed by atoms with Gasteiger partial charge in [0.1, 0.15) is 41.7 Å². The molecule has 1 aliphatic heterocycles. The fourth-order valence-electron chi connectivity index (χ4n) is 4.65. The van der Waals surface area contributed by atoms with E-state index in [1.807, 2.05) is 7.05 Å². The highest BCUT2D eigenvalue weighted by Crippen LogP contribution is 2.34. The lowest BCUT2D eigenvalue weighted by molar-refractivity contribution is 0.449. The van der Waals surface area contributed by atoms with Crippen molar-refractivity contribution in [1.29, 1.82) is 5.26 Å². The van der Waals surface area contributed by atoms with E-state index < -0.39 is 5.82 Å². The zero-order chi connectivity index (χ0) is 24.6. The molecule has 4 aromatic rings. The molecule has 1 saturated heterocycles. The van der Waals surface area contributed by atoms with Crippen molar-refractivity contribution in [3.05, 3.63) is 48.4 Å². The number of nitrogens with zero attached hydrogens (tertiary/aromatic N) is 8. The number of fused-ring (bicyclic) bond motifs is 1. The number of piperidine rings is 1. The van der Waals surface area contributed by atoms with E-state index in [-0.39, 0.29) is 5.69 Å². The summed E-state index contributed by atoms with van der Waals surface area (Å²) in [6, 6.07) is 7.91. The summed E-state index contributed by atoms with van der Waals surface area (Å²) in [7, 11) is 1.96. The molecule has 0 amide bonds. The topological polar surface area (TPSA) is 124 Å². The highest BCUT2D eigenvalue weighted by Gasteiger charge is 2.25. The Balaban J connectivity index is 1.40. The first-order chi connectivity index (χ1) is 17.6. The van der Waals surface area contributed by atoms with Crippen LogP contribution in [0.15, 0.2) is 37.1 Å². The Morgan fingerprint density at radius 1 is 1.08 bits per heavy atom. The number of nitriles is 1. The second kappa shape index (κ2) is 9.09. The third-order valence-corrected chi connectivity index (χ3v) is 6.72. The van der Waals surface area contributed by atoms with Crippen LogP contribution in [0.3, 0.4) is 0 Å². The van der Waals surface area contributed by atoms with Crippen LogP contribution in [-0.4, -0.2) is 61.6 Å². The molecule has 11 nitrogen and oxygen atoms in total. The minimum Gasteiger partial charge on any atom is -0.368 e. The van der Waals surface area contributed by atoms with Gasteiger partial charge < -0.3 is 20.9 Å². The smallest absolute Gasteiger partial charge is 0.177 e. The molecule has 0 bridgehead atoms. The van der Waals surface area contributed by atoms with Crippen LogP contribution >= 0.6 is 0 Å². The molecule has 1 aromatic carbocycles. The Hall–Kier alpha value is -4.24. The molecule has 2 aliphatic rings. The van der Waals surface area contributed by atoms with Crippen molar-refractivity contribution in [2.45, 2.75) is 37.8 Å². The van der Waals surface area contributed by atoms with Crippen molar-refractivity contribution in [2.75, 3.05) is 35.7 Å². The summed E-state index contributed by atoms with van der Waals surface area (Å²) in [6.45, 7) is 1.62. The van der Waals surface area contributed by atoms with Crippen LogP contribution < -0.4 is 20.9 Å². The molecule has 1 aliphatic carbocycles. The molecule has 36 heavy (non-hydrogen) atoms. The summed E-state index contributed by atoms with van der Waals surface area (Å²) in [6.07, 6.45) is 8.94. The lowest BCUT2D eigenvalue weighted by Gasteiger charge is -2.35.